The third-order valence-electron chi connectivity index (χ3n) is 4.58. The molecule has 0 spiro atoms. The number of carbonyl (C=O) groups excluding carboxylic acids is 1. The van der Waals surface area contributed by atoms with Crippen LogP contribution in [-0.2, 0) is 11.2 Å². The lowest BCUT2D eigenvalue weighted by molar-refractivity contribution is -0.113. The van der Waals surface area contributed by atoms with Gasteiger partial charge in [0.1, 0.15) is 10.8 Å². The van der Waals surface area contributed by atoms with Crippen molar-refractivity contribution in [1.82, 2.24) is 34.9 Å². The number of thioether (sulfide) groups is 1. The average molecular weight is 485 g/mol. The van der Waals surface area contributed by atoms with E-state index in [1.54, 1.807) is 0 Å². The highest BCUT2D eigenvalue weighted by molar-refractivity contribution is 7.99. The molecule has 0 atom stereocenters. The molecule has 4 aromatic rings. The van der Waals surface area contributed by atoms with E-state index in [4.69, 9.17) is 0 Å². The molecule has 11 nitrogen and oxygen atoms in total. The zero-order chi connectivity index (χ0) is 23.5. The summed E-state index contributed by atoms with van der Waals surface area (Å²) in [6, 6.07) is 7.30. The van der Waals surface area contributed by atoms with E-state index < -0.39 is 11.2 Å². The molecule has 0 bridgehead atoms. The van der Waals surface area contributed by atoms with E-state index in [9.17, 15) is 14.4 Å². The summed E-state index contributed by atoms with van der Waals surface area (Å²) < 4.78 is 1.84. The normalized spacial score (nSPS) is 11.0. The lowest BCUT2D eigenvalue weighted by Gasteiger charge is -2.13. The number of benzene rings is 1. The zero-order valence-electron chi connectivity index (χ0n) is 18.0. The van der Waals surface area contributed by atoms with Crippen molar-refractivity contribution in [2.45, 2.75) is 32.3 Å². The third-order valence-corrected chi connectivity index (χ3v) is 6.26. The van der Waals surface area contributed by atoms with Crippen molar-refractivity contribution in [3.63, 3.8) is 0 Å². The molecule has 13 heteroatoms. The van der Waals surface area contributed by atoms with Gasteiger partial charge in [0.2, 0.25) is 11.0 Å². The molecule has 0 saturated heterocycles. The van der Waals surface area contributed by atoms with Gasteiger partial charge in [0.05, 0.1) is 11.4 Å². The molecule has 3 heterocycles. The summed E-state index contributed by atoms with van der Waals surface area (Å²) in [5.41, 5.74) is 2.20. The molecule has 0 aliphatic heterocycles. The van der Waals surface area contributed by atoms with E-state index in [0.29, 0.717) is 21.8 Å². The summed E-state index contributed by atoms with van der Waals surface area (Å²) in [7, 11) is 0. The Labute approximate surface area is 195 Å². The molecule has 170 valence electrons. The Kier molecular flexibility index (Phi) is 6.51. The van der Waals surface area contributed by atoms with Gasteiger partial charge in [0, 0.05) is 18.2 Å². The van der Waals surface area contributed by atoms with Gasteiger partial charge in [-0.25, -0.2) is 4.79 Å². The van der Waals surface area contributed by atoms with Crippen molar-refractivity contribution in [2.24, 2.45) is 0 Å². The van der Waals surface area contributed by atoms with Crippen LogP contribution in [0.25, 0.3) is 5.69 Å². The predicted molar refractivity (Wildman–Crippen MR) is 125 cm³/mol. The second-order valence-corrected chi connectivity index (χ2v) is 9.40. The molecule has 3 aromatic heterocycles. The van der Waals surface area contributed by atoms with Crippen molar-refractivity contribution in [3.05, 3.63) is 72.8 Å². The number of aromatic amines is 2. The Morgan fingerprint density at radius 3 is 2.64 bits per heavy atom. The van der Waals surface area contributed by atoms with E-state index in [1.807, 2.05) is 43.5 Å². The molecular formula is C20H20N8O3S2. The molecule has 0 saturated carbocycles. The number of carbonyl (C=O) groups is 1. The first kappa shape index (κ1) is 22.6. The standard InChI is InChI=1S/C20H20N8O3S2/c1-10-4-5-11(2)14(6-10)28-15(7-13-8-16(29)22-18(31)21-13)25-27-20(28)32-9-17(30)23-19-26-24-12(3)33-19/h4-6,8H,7,9H2,1-3H3,(H,23,26,30)(H2,21,22,29,31). The molecular weight excluding hydrogens is 464 g/mol. The number of hydrogen-bond acceptors (Lipinski definition) is 9. The van der Waals surface area contributed by atoms with Gasteiger partial charge in [-0.2, -0.15) is 0 Å². The smallest absolute Gasteiger partial charge is 0.311 e. The van der Waals surface area contributed by atoms with Crippen molar-refractivity contribution in [1.29, 1.82) is 0 Å². The summed E-state index contributed by atoms with van der Waals surface area (Å²) >= 11 is 2.52. The number of H-pyrrole nitrogens is 2. The minimum absolute atomic E-state index is 0.0868. The van der Waals surface area contributed by atoms with Crippen molar-refractivity contribution in [3.8, 4) is 5.69 Å². The van der Waals surface area contributed by atoms with Crippen LogP contribution in [0.5, 0.6) is 0 Å². The maximum atomic E-state index is 12.4. The first-order valence-corrected chi connectivity index (χ1v) is 11.7. The Hall–Kier alpha value is -3.58. The van der Waals surface area contributed by atoms with E-state index in [0.717, 1.165) is 21.8 Å². The number of aryl methyl sites for hydroxylation is 3. The minimum atomic E-state index is -0.589. The van der Waals surface area contributed by atoms with E-state index >= 15 is 0 Å². The highest BCUT2D eigenvalue weighted by atomic mass is 32.2. The largest absolute Gasteiger partial charge is 0.325 e. The van der Waals surface area contributed by atoms with Crippen LogP contribution >= 0.6 is 23.1 Å². The van der Waals surface area contributed by atoms with Gasteiger partial charge in [0.25, 0.3) is 5.56 Å². The van der Waals surface area contributed by atoms with Crippen LogP contribution in [-0.4, -0.2) is 46.6 Å². The summed E-state index contributed by atoms with van der Waals surface area (Å²) in [5, 5.41) is 20.8. The predicted octanol–water partition coefficient (Wildman–Crippen LogP) is 1.74. The summed E-state index contributed by atoms with van der Waals surface area (Å²) in [5.74, 6) is 0.364. The maximum absolute atomic E-state index is 12.4. The Balaban J connectivity index is 1.65. The Morgan fingerprint density at radius 1 is 1.09 bits per heavy atom. The summed E-state index contributed by atoms with van der Waals surface area (Å²) in [4.78, 5) is 40.6. The molecule has 0 aliphatic carbocycles. The topological polar surface area (TPSA) is 151 Å². The fourth-order valence-corrected chi connectivity index (χ4v) is 4.50. The number of nitrogens with one attached hydrogen (secondary N) is 3. The van der Waals surface area contributed by atoms with Crippen LogP contribution in [0.4, 0.5) is 5.13 Å². The highest BCUT2D eigenvalue weighted by Gasteiger charge is 2.19. The molecule has 0 radical (unpaired) electrons. The molecule has 0 unspecified atom stereocenters. The molecule has 0 aliphatic rings. The van der Waals surface area contributed by atoms with Crippen LogP contribution in [0, 0.1) is 20.8 Å². The van der Waals surface area contributed by atoms with Crippen LogP contribution in [0.3, 0.4) is 0 Å². The lowest BCUT2D eigenvalue weighted by Crippen LogP contribution is -2.23. The molecule has 0 fully saturated rings. The summed E-state index contributed by atoms with van der Waals surface area (Å²) in [6.45, 7) is 5.75. The second-order valence-electron chi connectivity index (χ2n) is 7.28. The van der Waals surface area contributed by atoms with Crippen molar-refractivity contribution < 1.29 is 4.79 Å². The lowest BCUT2D eigenvalue weighted by atomic mass is 10.1. The maximum Gasteiger partial charge on any atom is 0.325 e. The van der Waals surface area contributed by atoms with Crippen molar-refractivity contribution >= 4 is 34.1 Å². The summed E-state index contributed by atoms with van der Waals surface area (Å²) in [6.07, 6.45) is 0.177. The average Bonchev–Trinajstić information content (AvgIpc) is 3.33. The monoisotopic (exact) mass is 484 g/mol. The molecule has 1 amide bonds. The van der Waals surface area contributed by atoms with E-state index in [-0.39, 0.29) is 18.1 Å². The number of amides is 1. The van der Waals surface area contributed by atoms with Crippen LogP contribution < -0.4 is 16.6 Å². The number of hydrogen-bond donors (Lipinski definition) is 3. The van der Waals surface area contributed by atoms with Gasteiger partial charge in [-0.3, -0.25) is 24.5 Å². The van der Waals surface area contributed by atoms with Gasteiger partial charge in [-0.1, -0.05) is 35.2 Å². The first-order valence-electron chi connectivity index (χ1n) is 9.85. The fourth-order valence-electron chi connectivity index (χ4n) is 3.13. The van der Waals surface area contributed by atoms with Crippen LogP contribution in [0.1, 0.15) is 27.7 Å². The Bertz CT molecular complexity index is 1410. The van der Waals surface area contributed by atoms with Gasteiger partial charge >= 0.3 is 5.69 Å². The quantitative estimate of drug-likeness (QED) is 0.336. The number of rotatable bonds is 7. The van der Waals surface area contributed by atoms with Gasteiger partial charge in [0.15, 0.2) is 5.16 Å². The third kappa shape index (κ3) is 5.43. The van der Waals surface area contributed by atoms with Crippen LogP contribution in [0.15, 0.2) is 39.0 Å². The minimum Gasteiger partial charge on any atom is -0.311 e. The fraction of sp³-hybridized carbons (Fsp3) is 0.250. The second kappa shape index (κ2) is 9.50. The van der Waals surface area contributed by atoms with Gasteiger partial charge in [-0.05, 0) is 38.0 Å². The first-order chi connectivity index (χ1) is 15.8. The molecule has 33 heavy (non-hydrogen) atoms. The van der Waals surface area contributed by atoms with E-state index in [2.05, 4.69) is 35.7 Å². The number of anilines is 1. The molecule has 3 N–H and O–H groups in total. The zero-order valence-corrected chi connectivity index (χ0v) is 19.6. The SMILES string of the molecule is Cc1ccc(C)c(-n2c(Cc3cc(=O)[nH]c(=O)[nH]3)nnc2SCC(=O)Nc2nnc(C)s2)c1. The van der Waals surface area contributed by atoms with Crippen LogP contribution in [0.2, 0.25) is 0 Å². The number of aromatic nitrogens is 7. The number of nitrogens with zero attached hydrogens (tertiary/aromatic N) is 5. The highest BCUT2D eigenvalue weighted by Crippen LogP contribution is 2.26. The van der Waals surface area contributed by atoms with Gasteiger partial charge in [-0.15, -0.1) is 20.4 Å². The van der Waals surface area contributed by atoms with Gasteiger partial charge < -0.3 is 4.98 Å². The Morgan fingerprint density at radius 2 is 1.91 bits per heavy atom. The van der Waals surface area contributed by atoms with Crippen molar-refractivity contribution in [2.75, 3.05) is 11.1 Å². The molecule has 1 aromatic carbocycles. The van der Waals surface area contributed by atoms with E-state index in [1.165, 1.54) is 29.2 Å². The molecule has 4 rings (SSSR count).